The van der Waals surface area contributed by atoms with Crippen LogP contribution in [-0.4, -0.2) is 60.8 Å². The van der Waals surface area contributed by atoms with Gasteiger partial charge in [-0.1, -0.05) is 6.42 Å². The van der Waals surface area contributed by atoms with Crippen molar-refractivity contribution in [2.24, 2.45) is 0 Å². The molecule has 0 radical (unpaired) electrons. The molecule has 3 fully saturated rings. The molecule has 1 N–H and O–H groups in total. The SMILES string of the molecule is COC(=O)[C@]12CCCC[C@@]1(O)[C@H]1OC(C)(C)O[C@H]1[C@H](OC)O2. The van der Waals surface area contributed by atoms with Crippen LogP contribution in [0, 0.1) is 0 Å². The van der Waals surface area contributed by atoms with Gasteiger partial charge in [0.1, 0.15) is 17.8 Å². The first-order valence-corrected chi connectivity index (χ1v) is 7.67. The third-order valence-corrected chi connectivity index (χ3v) is 4.97. The molecule has 0 amide bonds. The molecule has 7 nitrogen and oxygen atoms in total. The highest BCUT2D eigenvalue weighted by Crippen LogP contribution is 2.53. The fraction of sp³-hybridized carbons (Fsp3) is 0.933. The Balaban J connectivity index is 2.07. The quantitative estimate of drug-likeness (QED) is 0.752. The van der Waals surface area contributed by atoms with Crippen LogP contribution in [0.25, 0.3) is 0 Å². The molecule has 1 saturated carbocycles. The second-order valence-corrected chi connectivity index (χ2v) is 6.69. The molecule has 0 unspecified atom stereocenters. The number of rotatable bonds is 2. The second-order valence-electron chi connectivity index (χ2n) is 6.69. The molecule has 0 spiro atoms. The maximum atomic E-state index is 12.5. The van der Waals surface area contributed by atoms with Crippen molar-refractivity contribution in [1.82, 2.24) is 0 Å². The molecule has 0 aromatic carbocycles. The van der Waals surface area contributed by atoms with Crippen molar-refractivity contribution >= 4 is 5.97 Å². The number of methoxy groups -OCH3 is 2. The standard InChI is InChI=1S/C15H24O7/c1-13(2)20-9-10(21-13)14(17)7-5-6-8-15(14,12(16)19-4)22-11(9)18-3/h9-11,17H,5-8H2,1-4H3/t9-,10+,11-,14-,15-/m1/s1. The summed E-state index contributed by atoms with van der Waals surface area (Å²) < 4.78 is 28.0. The third-order valence-electron chi connectivity index (χ3n) is 4.97. The highest BCUT2D eigenvalue weighted by molar-refractivity contribution is 5.82. The van der Waals surface area contributed by atoms with Gasteiger partial charge in [0, 0.05) is 7.11 Å². The molecule has 0 aromatic rings. The van der Waals surface area contributed by atoms with Crippen LogP contribution in [0.4, 0.5) is 0 Å². The van der Waals surface area contributed by atoms with Crippen LogP contribution >= 0.6 is 0 Å². The fourth-order valence-electron chi connectivity index (χ4n) is 4.02. The molecular formula is C15H24O7. The number of hydrogen-bond donors (Lipinski definition) is 1. The van der Waals surface area contributed by atoms with Crippen molar-refractivity contribution in [2.75, 3.05) is 14.2 Å². The van der Waals surface area contributed by atoms with Crippen molar-refractivity contribution in [1.29, 1.82) is 0 Å². The first-order valence-electron chi connectivity index (χ1n) is 7.67. The van der Waals surface area contributed by atoms with Gasteiger partial charge in [0.2, 0.25) is 0 Å². The highest BCUT2D eigenvalue weighted by atomic mass is 16.8. The lowest BCUT2D eigenvalue weighted by atomic mass is 9.65. The average molecular weight is 316 g/mol. The minimum Gasteiger partial charge on any atom is -0.467 e. The largest absolute Gasteiger partial charge is 0.467 e. The van der Waals surface area contributed by atoms with Crippen molar-refractivity contribution < 1.29 is 33.6 Å². The maximum Gasteiger partial charge on any atom is 0.341 e. The van der Waals surface area contributed by atoms with Crippen molar-refractivity contribution in [3.8, 4) is 0 Å². The summed E-state index contributed by atoms with van der Waals surface area (Å²) >= 11 is 0. The van der Waals surface area contributed by atoms with E-state index in [-0.39, 0.29) is 0 Å². The first kappa shape index (κ1) is 16.1. The number of ether oxygens (including phenoxy) is 5. The van der Waals surface area contributed by atoms with E-state index in [2.05, 4.69) is 0 Å². The molecule has 2 saturated heterocycles. The molecule has 3 aliphatic rings. The van der Waals surface area contributed by atoms with E-state index in [9.17, 15) is 9.90 Å². The number of hydrogen-bond acceptors (Lipinski definition) is 7. The Labute approximate surface area is 129 Å². The first-order chi connectivity index (χ1) is 10.3. The summed E-state index contributed by atoms with van der Waals surface area (Å²) in [5.41, 5.74) is -2.97. The number of carbonyl (C=O) groups excluding carboxylic acids is 1. The highest BCUT2D eigenvalue weighted by Gasteiger charge is 2.72. The summed E-state index contributed by atoms with van der Waals surface area (Å²) in [4.78, 5) is 12.5. The van der Waals surface area contributed by atoms with E-state index in [1.165, 1.54) is 14.2 Å². The van der Waals surface area contributed by atoms with Crippen molar-refractivity contribution in [3.05, 3.63) is 0 Å². The van der Waals surface area contributed by atoms with Crippen LogP contribution < -0.4 is 0 Å². The van der Waals surface area contributed by atoms with E-state index in [4.69, 9.17) is 23.7 Å². The molecule has 3 rings (SSSR count). The average Bonchev–Trinajstić information content (AvgIpc) is 2.82. The van der Waals surface area contributed by atoms with Gasteiger partial charge in [0.15, 0.2) is 17.7 Å². The van der Waals surface area contributed by atoms with Gasteiger partial charge in [-0.2, -0.15) is 0 Å². The molecule has 22 heavy (non-hydrogen) atoms. The molecule has 126 valence electrons. The van der Waals surface area contributed by atoms with Gasteiger partial charge in [-0.25, -0.2) is 4.79 Å². The van der Waals surface area contributed by atoms with Gasteiger partial charge in [0.25, 0.3) is 0 Å². The zero-order chi connectivity index (χ0) is 16.2. The number of carbonyl (C=O) groups is 1. The van der Waals surface area contributed by atoms with E-state index in [0.717, 1.165) is 12.8 Å². The van der Waals surface area contributed by atoms with E-state index in [1.54, 1.807) is 13.8 Å². The zero-order valence-corrected chi connectivity index (χ0v) is 13.5. The number of aliphatic hydroxyl groups is 1. The molecule has 7 heteroatoms. The molecule has 0 aromatic heterocycles. The minimum atomic E-state index is -1.49. The lowest BCUT2D eigenvalue weighted by molar-refractivity contribution is -0.342. The van der Waals surface area contributed by atoms with E-state index in [0.29, 0.717) is 12.8 Å². The normalized spacial score (nSPS) is 46.7. The van der Waals surface area contributed by atoms with Crippen LogP contribution in [-0.2, 0) is 28.5 Å². The number of esters is 1. The third kappa shape index (κ3) is 2.03. The molecule has 1 aliphatic carbocycles. The van der Waals surface area contributed by atoms with Gasteiger partial charge in [-0.3, -0.25) is 0 Å². The second kappa shape index (κ2) is 5.14. The van der Waals surface area contributed by atoms with E-state index in [1.807, 2.05) is 0 Å². The number of fused-ring (bicyclic) bond motifs is 3. The summed E-state index contributed by atoms with van der Waals surface area (Å²) in [6.07, 6.45) is 0.187. The molecular weight excluding hydrogens is 292 g/mol. The van der Waals surface area contributed by atoms with E-state index >= 15 is 0 Å². The lowest BCUT2D eigenvalue weighted by Gasteiger charge is -2.55. The van der Waals surface area contributed by atoms with E-state index < -0.39 is 41.5 Å². The Morgan fingerprint density at radius 3 is 2.45 bits per heavy atom. The smallest absolute Gasteiger partial charge is 0.341 e. The monoisotopic (exact) mass is 316 g/mol. The Kier molecular flexibility index (Phi) is 3.77. The summed E-state index contributed by atoms with van der Waals surface area (Å²) in [5.74, 6) is -1.47. The maximum absolute atomic E-state index is 12.5. The predicted molar refractivity (Wildman–Crippen MR) is 73.9 cm³/mol. The molecule has 2 aliphatic heterocycles. The fourth-order valence-corrected chi connectivity index (χ4v) is 4.02. The Bertz CT molecular complexity index is 465. The minimum absolute atomic E-state index is 0.364. The summed E-state index contributed by atoms with van der Waals surface area (Å²) in [7, 11) is 2.77. The van der Waals surface area contributed by atoms with Gasteiger partial charge in [-0.05, 0) is 33.1 Å². The molecule has 2 heterocycles. The summed E-state index contributed by atoms with van der Waals surface area (Å²) in [6.45, 7) is 3.54. The molecule has 0 bridgehead atoms. The Morgan fingerprint density at radius 1 is 1.14 bits per heavy atom. The zero-order valence-electron chi connectivity index (χ0n) is 13.5. The Morgan fingerprint density at radius 2 is 1.82 bits per heavy atom. The van der Waals surface area contributed by atoms with Crippen molar-refractivity contribution in [3.63, 3.8) is 0 Å². The van der Waals surface area contributed by atoms with Gasteiger partial charge >= 0.3 is 5.97 Å². The van der Waals surface area contributed by atoms with Gasteiger partial charge < -0.3 is 28.8 Å². The van der Waals surface area contributed by atoms with Crippen LogP contribution in [0.1, 0.15) is 39.5 Å². The van der Waals surface area contributed by atoms with Gasteiger partial charge in [0.05, 0.1) is 7.11 Å². The topological polar surface area (TPSA) is 83.5 Å². The van der Waals surface area contributed by atoms with Crippen LogP contribution in [0.15, 0.2) is 0 Å². The Hall–Kier alpha value is -0.730. The van der Waals surface area contributed by atoms with Crippen LogP contribution in [0.2, 0.25) is 0 Å². The predicted octanol–water partition coefficient (Wildman–Crippen LogP) is 0.726. The summed E-state index contributed by atoms with van der Waals surface area (Å²) in [5, 5.41) is 11.4. The van der Waals surface area contributed by atoms with Crippen LogP contribution in [0.5, 0.6) is 0 Å². The van der Waals surface area contributed by atoms with Crippen LogP contribution in [0.3, 0.4) is 0 Å². The lowest BCUT2D eigenvalue weighted by Crippen LogP contribution is -2.75. The summed E-state index contributed by atoms with van der Waals surface area (Å²) in [6, 6.07) is 0. The van der Waals surface area contributed by atoms with Crippen molar-refractivity contribution in [2.45, 2.75) is 75.0 Å². The molecule has 5 atom stereocenters. The van der Waals surface area contributed by atoms with Gasteiger partial charge in [-0.15, -0.1) is 0 Å².